The van der Waals surface area contributed by atoms with E-state index in [4.69, 9.17) is 4.74 Å². The maximum Gasteiger partial charge on any atom is 0.340 e. The van der Waals surface area contributed by atoms with Gasteiger partial charge in [-0.2, -0.15) is 0 Å². The minimum atomic E-state index is -1.68. The highest BCUT2D eigenvalue weighted by Gasteiger charge is 2.35. The Morgan fingerprint density at radius 1 is 0.600 bits per heavy atom. The van der Waals surface area contributed by atoms with Gasteiger partial charge in [0, 0.05) is 23.6 Å². The molecular weight excluding hydrogens is 332 g/mol. The molecule has 0 bridgehead atoms. The van der Waals surface area contributed by atoms with Crippen molar-refractivity contribution in [2.45, 2.75) is 34.6 Å². The number of ketones is 4. The van der Waals surface area contributed by atoms with E-state index in [9.17, 15) is 33.9 Å². The molecule has 0 spiro atoms. The lowest BCUT2D eigenvalue weighted by Gasteiger charge is -2.20. The van der Waals surface area contributed by atoms with Crippen molar-refractivity contribution in [3.05, 3.63) is 27.8 Å². The largest absolute Gasteiger partial charge is 0.478 e. The second kappa shape index (κ2) is 7.16. The number of carboxylic acid groups (broad SMARTS) is 1. The summed E-state index contributed by atoms with van der Waals surface area (Å²) < 4.78 is 4.86. The van der Waals surface area contributed by atoms with Gasteiger partial charge in [0.1, 0.15) is 5.56 Å². The first-order valence-electron chi connectivity index (χ1n) is 7.11. The van der Waals surface area contributed by atoms with Gasteiger partial charge in [0.05, 0.1) is 5.56 Å². The predicted octanol–water partition coefficient (Wildman–Crippen LogP) is 2.12. The second-order valence-electron chi connectivity index (χ2n) is 5.33. The number of carbonyl (C=O) groups excluding carboxylic acids is 5. The highest BCUT2D eigenvalue weighted by atomic mass is 16.5. The molecule has 0 radical (unpaired) electrons. The lowest BCUT2D eigenvalue weighted by atomic mass is 9.84. The van der Waals surface area contributed by atoms with Crippen LogP contribution in [-0.2, 0) is 4.79 Å². The highest BCUT2D eigenvalue weighted by Crippen LogP contribution is 2.36. The summed E-state index contributed by atoms with van der Waals surface area (Å²) in [6.07, 6.45) is 0. The summed E-state index contributed by atoms with van der Waals surface area (Å²) in [7, 11) is 0. The molecule has 0 aliphatic carbocycles. The topological polar surface area (TPSA) is 132 Å². The zero-order chi connectivity index (χ0) is 19.6. The minimum absolute atomic E-state index is 0.438. The Balaban J connectivity index is 4.41. The van der Waals surface area contributed by atoms with Crippen molar-refractivity contribution >= 4 is 35.1 Å². The first-order valence-corrected chi connectivity index (χ1v) is 7.11. The van der Waals surface area contributed by atoms with E-state index in [-0.39, 0.29) is 0 Å². The van der Waals surface area contributed by atoms with Gasteiger partial charge < -0.3 is 9.84 Å². The number of esters is 1. The van der Waals surface area contributed by atoms with Crippen molar-refractivity contribution in [3.63, 3.8) is 0 Å². The van der Waals surface area contributed by atoms with E-state index in [1.165, 1.54) is 0 Å². The normalized spacial score (nSPS) is 10.1. The van der Waals surface area contributed by atoms with Gasteiger partial charge in [-0.25, -0.2) is 4.79 Å². The fraction of sp³-hybridized carbons (Fsp3) is 0.294. The third-order valence-corrected chi connectivity index (χ3v) is 3.32. The van der Waals surface area contributed by atoms with Gasteiger partial charge in [-0.05, 0) is 27.7 Å². The van der Waals surface area contributed by atoms with Crippen LogP contribution >= 0.6 is 0 Å². The standard InChI is InChI=1S/C17H16O8/c1-6(18)11-12(7(2)19)14(9(4)21)16(25-10(5)22)15(17(23)24)13(11)8(3)20/h1-5H3,(H,23,24). The molecule has 1 N–H and O–H groups in total. The molecule has 0 aliphatic rings. The molecule has 0 saturated carbocycles. The molecule has 25 heavy (non-hydrogen) atoms. The van der Waals surface area contributed by atoms with E-state index >= 15 is 0 Å². The van der Waals surface area contributed by atoms with Crippen LogP contribution in [0.15, 0.2) is 0 Å². The van der Waals surface area contributed by atoms with E-state index in [1.807, 2.05) is 0 Å². The Kier molecular flexibility index (Phi) is 5.70. The van der Waals surface area contributed by atoms with E-state index in [0.29, 0.717) is 0 Å². The van der Waals surface area contributed by atoms with Crippen LogP contribution in [0.4, 0.5) is 0 Å². The number of carbonyl (C=O) groups is 6. The molecule has 0 unspecified atom stereocenters. The summed E-state index contributed by atoms with van der Waals surface area (Å²) in [5.41, 5.74) is -2.81. The average molecular weight is 348 g/mol. The molecule has 1 aromatic rings. The third kappa shape index (κ3) is 3.68. The summed E-state index contributed by atoms with van der Waals surface area (Å²) in [5.74, 6) is -6.48. The Bertz CT molecular complexity index is 792. The van der Waals surface area contributed by atoms with Gasteiger partial charge in [-0.15, -0.1) is 0 Å². The first kappa shape index (κ1) is 19.9. The Labute approximate surface area is 142 Å². The summed E-state index contributed by atoms with van der Waals surface area (Å²) in [6.45, 7) is 5.08. The van der Waals surface area contributed by atoms with E-state index in [0.717, 1.165) is 34.6 Å². The van der Waals surface area contributed by atoms with Crippen molar-refractivity contribution < 1.29 is 38.6 Å². The number of hydrogen-bond acceptors (Lipinski definition) is 7. The van der Waals surface area contributed by atoms with Crippen LogP contribution in [0, 0.1) is 0 Å². The SMILES string of the molecule is CC(=O)Oc1c(C(C)=O)c(C(C)=O)c(C(C)=O)c(C(C)=O)c1C(=O)O. The van der Waals surface area contributed by atoms with Gasteiger partial charge >= 0.3 is 11.9 Å². The molecule has 0 atom stereocenters. The Morgan fingerprint density at radius 3 is 1.20 bits per heavy atom. The lowest BCUT2D eigenvalue weighted by molar-refractivity contribution is -0.131. The zero-order valence-electron chi connectivity index (χ0n) is 14.3. The first-order chi connectivity index (χ1) is 11.4. The van der Waals surface area contributed by atoms with Crippen LogP contribution in [0.1, 0.15) is 86.4 Å². The van der Waals surface area contributed by atoms with Gasteiger partial charge in [0.25, 0.3) is 0 Å². The molecule has 132 valence electrons. The highest BCUT2D eigenvalue weighted by molar-refractivity contribution is 6.23. The van der Waals surface area contributed by atoms with Crippen LogP contribution in [-0.4, -0.2) is 40.2 Å². The molecule has 8 nitrogen and oxygen atoms in total. The van der Waals surface area contributed by atoms with Crippen molar-refractivity contribution in [1.29, 1.82) is 0 Å². The smallest absolute Gasteiger partial charge is 0.340 e. The molecule has 0 aromatic heterocycles. The summed E-state index contributed by atoms with van der Waals surface area (Å²) >= 11 is 0. The molecular formula is C17H16O8. The van der Waals surface area contributed by atoms with Crippen molar-refractivity contribution in [2.24, 2.45) is 0 Å². The number of benzene rings is 1. The van der Waals surface area contributed by atoms with Crippen LogP contribution in [0.3, 0.4) is 0 Å². The molecule has 0 saturated heterocycles. The molecule has 1 aromatic carbocycles. The summed E-state index contributed by atoms with van der Waals surface area (Å²) in [4.78, 5) is 71.3. The number of aromatic carboxylic acids is 1. The Hall–Kier alpha value is -3.16. The molecule has 0 aliphatic heterocycles. The maximum absolute atomic E-state index is 12.1. The number of rotatable bonds is 6. The summed E-state index contributed by atoms with van der Waals surface area (Å²) in [6, 6.07) is 0. The van der Waals surface area contributed by atoms with Crippen LogP contribution in [0.2, 0.25) is 0 Å². The van der Waals surface area contributed by atoms with Gasteiger partial charge in [-0.1, -0.05) is 0 Å². The fourth-order valence-corrected chi connectivity index (χ4v) is 2.57. The van der Waals surface area contributed by atoms with Gasteiger partial charge in [-0.3, -0.25) is 24.0 Å². The molecule has 1 rings (SSSR count). The van der Waals surface area contributed by atoms with Crippen LogP contribution in [0.5, 0.6) is 5.75 Å². The van der Waals surface area contributed by atoms with E-state index < -0.39 is 68.6 Å². The van der Waals surface area contributed by atoms with E-state index in [2.05, 4.69) is 0 Å². The molecule has 0 fully saturated rings. The number of carboxylic acids is 1. The van der Waals surface area contributed by atoms with Gasteiger partial charge in [0.15, 0.2) is 28.9 Å². The number of ether oxygens (including phenoxy) is 1. The second-order valence-corrected chi connectivity index (χ2v) is 5.33. The maximum atomic E-state index is 12.1. The van der Waals surface area contributed by atoms with Crippen molar-refractivity contribution in [2.75, 3.05) is 0 Å². The van der Waals surface area contributed by atoms with Crippen LogP contribution in [0.25, 0.3) is 0 Å². The average Bonchev–Trinajstić information content (AvgIpc) is 2.43. The van der Waals surface area contributed by atoms with E-state index in [1.54, 1.807) is 0 Å². The summed E-state index contributed by atoms with van der Waals surface area (Å²) in [5, 5.41) is 9.50. The quantitative estimate of drug-likeness (QED) is 0.469. The van der Waals surface area contributed by atoms with Crippen molar-refractivity contribution in [3.8, 4) is 5.75 Å². The fourth-order valence-electron chi connectivity index (χ4n) is 2.57. The van der Waals surface area contributed by atoms with Crippen LogP contribution < -0.4 is 4.74 Å². The van der Waals surface area contributed by atoms with Crippen molar-refractivity contribution in [1.82, 2.24) is 0 Å². The third-order valence-electron chi connectivity index (χ3n) is 3.32. The lowest BCUT2D eigenvalue weighted by Crippen LogP contribution is -2.23. The number of hydrogen-bond donors (Lipinski definition) is 1. The zero-order valence-corrected chi connectivity index (χ0v) is 14.3. The molecule has 8 heteroatoms. The molecule has 0 heterocycles. The monoisotopic (exact) mass is 348 g/mol. The minimum Gasteiger partial charge on any atom is -0.478 e. The van der Waals surface area contributed by atoms with Gasteiger partial charge in [0.2, 0.25) is 0 Å². The molecule has 0 amide bonds. The number of Topliss-reactive ketones (excluding diaryl/α,β-unsaturated/α-hetero) is 4. The Morgan fingerprint density at radius 2 is 0.920 bits per heavy atom. The predicted molar refractivity (Wildman–Crippen MR) is 84.7 cm³/mol.